The van der Waals surface area contributed by atoms with Gasteiger partial charge >= 0.3 is 12.1 Å². The number of ether oxygens (including phenoxy) is 1. The van der Waals surface area contributed by atoms with Crippen molar-refractivity contribution in [2.24, 2.45) is 0 Å². The highest BCUT2D eigenvalue weighted by Crippen LogP contribution is 2.30. The molecule has 0 aliphatic rings. The van der Waals surface area contributed by atoms with Crippen LogP contribution >= 0.6 is 23.2 Å². The monoisotopic (exact) mass is 334 g/mol. The number of benzene rings is 2. The van der Waals surface area contributed by atoms with Gasteiger partial charge < -0.3 is 4.74 Å². The van der Waals surface area contributed by atoms with Gasteiger partial charge in [-0.05, 0) is 30.3 Å². The molecule has 21 heavy (non-hydrogen) atoms. The topological polar surface area (TPSA) is 26.3 Å². The molecule has 0 aliphatic heterocycles. The number of esters is 1. The second kappa shape index (κ2) is 5.95. The first kappa shape index (κ1) is 15.7. The van der Waals surface area contributed by atoms with Gasteiger partial charge in [-0.25, -0.2) is 4.79 Å². The summed E-state index contributed by atoms with van der Waals surface area (Å²) in [7, 11) is 0. The standard InChI is InChI=1S/C14H7Cl2F3O2/c15-11-5-4-10(7-12(11)16)21-13(20)8-2-1-3-9(6-8)14(17,18)19/h1-7H. The van der Waals surface area contributed by atoms with E-state index in [1.165, 1.54) is 24.3 Å². The first-order chi connectivity index (χ1) is 9.77. The molecule has 0 atom stereocenters. The second-order valence-corrected chi connectivity index (χ2v) is 4.86. The van der Waals surface area contributed by atoms with Crippen molar-refractivity contribution in [3.05, 3.63) is 63.6 Å². The van der Waals surface area contributed by atoms with Crippen LogP contribution in [0.15, 0.2) is 42.5 Å². The summed E-state index contributed by atoms with van der Waals surface area (Å²) in [5.41, 5.74) is -1.14. The molecule has 0 radical (unpaired) electrons. The number of rotatable bonds is 2. The van der Waals surface area contributed by atoms with Crippen molar-refractivity contribution < 1.29 is 22.7 Å². The summed E-state index contributed by atoms with van der Waals surface area (Å²) in [5.74, 6) is -0.827. The normalized spacial score (nSPS) is 11.3. The van der Waals surface area contributed by atoms with Gasteiger partial charge in [-0.1, -0.05) is 29.3 Å². The average Bonchev–Trinajstić information content (AvgIpc) is 2.42. The van der Waals surface area contributed by atoms with Crippen LogP contribution in [0.5, 0.6) is 5.75 Å². The molecule has 0 unspecified atom stereocenters. The lowest BCUT2D eigenvalue weighted by molar-refractivity contribution is -0.137. The molecule has 2 nitrogen and oxygen atoms in total. The van der Waals surface area contributed by atoms with Crippen molar-refractivity contribution in [3.63, 3.8) is 0 Å². The fourth-order valence-electron chi connectivity index (χ4n) is 1.53. The second-order valence-electron chi connectivity index (χ2n) is 4.04. The lowest BCUT2D eigenvalue weighted by Gasteiger charge is -2.09. The lowest BCUT2D eigenvalue weighted by Crippen LogP contribution is -2.11. The van der Waals surface area contributed by atoms with E-state index in [4.69, 9.17) is 27.9 Å². The van der Waals surface area contributed by atoms with Crippen LogP contribution in [0, 0.1) is 0 Å². The summed E-state index contributed by atoms with van der Waals surface area (Å²) >= 11 is 11.5. The summed E-state index contributed by atoms with van der Waals surface area (Å²) in [5, 5.41) is 0.446. The summed E-state index contributed by atoms with van der Waals surface area (Å²) in [6.07, 6.45) is -4.53. The summed E-state index contributed by atoms with van der Waals surface area (Å²) in [6, 6.07) is 8.06. The average molecular weight is 335 g/mol. The Hall–Kier alpha value is -1.72. The van der Waals surface area contributed by atoms with Gasteiger partial charge in [0.05, 0.1) is 21.2 Å². The van der Waals surface area contributed by atoms with Crippen molar-refractivity contribution in [3.8, 4) is 5.75 Å². The molecule has 110 valence electrons. The first-order valence-corrected chi connectivity index (χ1v) is 6.37. The molecule has 0 heterocycles. The number of carbonyl (C=O) groups excluding carboxylic acids is 1. The van der Waals surface area contributed by atoms with Gasteiger partial charge in [0.15, 0.2) is 0 Å². The highest BCUT2D eigenvalue weighted by molar-refractivity contribution is 6.42. The number of alkyl halides is 3. The third kappa shape index (κ3) is 3.89. The Labute approximate surface area is 128 Å². The molecule has 2 aromatic rings. The molecular weight excluding hydrogens is 328 g/mol. The van der Waals surface area contributed by atoms with E-state index in [-0.39, 0.29) is 21.4 Å². The third-order valence-electron chi connectivity index (χ3n) is 2.53. The van der Waals surface area contributed by atoms with E-state index in [2.05, 4.69) is 0 Å². The maximum absolute atomic E-state index is 12.6. The zero-order valence-electron chi connectivity index (χ0n) is 10.2. The van der Waals surface area contributed by atoms with E-state index in [1.54, 1.807) is 0 Å². The van der Waals surface area contributed by atoms with Crippen LogP contribution in [0.2, 0.25) is 10.0 Å². The van der Waals surface area contributed by atoms with E-state index in [9.17, 15) is 18.0 Å². The van der Waals surface area contributed by atoms with Crippen molar-refractivity contribution in [1.82, 2.24) is 0 Å². The molecule has 0 N–H and O–H groups in total. The highest BCUT2D eigenvalue weighted by Gasteiger charge is 2.31. The molecule has 2 rings (SSSR count). The van der Waals surface area contributed by atoms with E-state index in [0.717, 1.165) is 18.2 Å². The van der Waals surface area contributed by atoms with Gasteiger partial charge in [0, 0.05) is 6.07 Å². The molecular formula is C14H7Cl2F3O2. The van der Waals surface area contributed by atoms with Crippen LogP contribution in [0.1, 0.15) is 15.9 Å². The van der Waals surface area contributed by atoms with Gasteiger partial charge in [-0.2, -0.15) is 13.2 Å². The van der Waals surface area contributed by atoms with Crippen LogP contribution in [0.3, 0.4) is 0 Å². The Kier molecular flexibility index (Phi) is 4.44. The van der Waals surface area contributed by atoms with Crippen LogP contribution in [-0.4, -0.2) is 5.97 Å². The van der Waals surface area contributed by atoms with E-state index < -0.39 is 17.7 Å². The molecule has 0 aromatic heterocycles. The zero-order valence-corrected chi connectivity index (χ0v) is 11.8. The molecule has 2 aromatic carbocycles. The fraction of sp³-hybridized carbons (Fsp3) is 0.0714. The number of hydrogen-bond donors (Lipinski definition) is 0. The molecule has 0 aliphatic carbocycles. The van der Waals surface area contributed by atoms with Crippen LogP contribution in [0.4, 0.5) is 13.2 Å². The molecule has 0 bridgehead atoms. The molecule has 7 heteroatoms. The van der Waals surface area contributed by atoms with Gasteiger partial charge in [0.1, 0.15) is 5.75 Å². The van der Waals surface area contributed by atoms with Crippen molar-refractivity contribution in [2.45, 2.75) is 6.18 Å². The Bertz CT molecular complexity index is 684. The largest absolute Gasteiger partial charge is 0.423 e. The smallest absolute Gasteiger partial charge is 0.416 e. The maximum Gasteiger partial charge on any atom is 0.416 e. The van der Waals surface area contributed by atoms with Gasteiger partial charge in [0.25, 0.3) is 0 Å². The number of hydrogen-bond acceptors (Lipinski definition) is 2. The minimum Gasteiger partial charge on any atom is -0.423 e. The fourth-order valence-corrected chi connectivity index (χ4v) is 1.82. The predicted octanol–water partition coefficient (Wildman–Crippen LogP) is 5.23. The molecule has 0 amide bonds. The molecule has 0 saturated carbocycles. The van der Waals surface area contributed by atoms with Crippen LogP contribution < -0.4 is 4.74 Å². The molecule has 0 fully saturated rings. The van der Waals surface area contributed by atoms with E-state index in [1.807, 2.05) is 0 Å². The maximum atomic E-state index is 12.6. The minimum atomic E-state index is -4.53. The third-order valence-corrected chi connectivity index (χ3v) is 3.27. The Morgan fingerprint density at radius 1 is 1.00 bits per heavy atom. The summed E-state index contributed by atoms with van der Waals surface area (Å²) in [6.45, 7) is 0. The van der Waals surface area contributed by atoms with Crippen molar-refractivity contribution in [1.29, 1.82) is 0 Å². The Morgan fingerprint density at radius 3 is 2.33 bits per heavy atom. The minimum absolute atomic E-state index is 0.0896. The Balaban J connectivity index is 2.22. The SMILES string of the molecule is O=C(Oc1ccc(Cl)c(Cl)c1)c1cccc(C(F)(F)F)c1. The Morgan fingerprint density at radius 2 is 1.71 bits per heavy atom. The molecule has 0 saturated heterocycles. The van der Waals surface area contributed by atoms with Crippen LogP contribution in [-0.2, 0) is 6.18 Å². The quantitative estimate of drug-likeness (QED) is 0.555. The number of halogens is 5. The van der Waals surface area contributed by atoms with Gasteiger partial charge in [-0.3, -0.25) is 0 Å². The first-order valence-electron chi connectivity index (χ1n) is 5.62. The zero-order chi connectivity index (χ0) is 15.6. The van der Waals surface area contributed by atoms with Gasteiger partial charge in [0.2, 0.25) is 0 Å². The van der Waals surface area contributed by atoms with Crippen molar-refractivity contribution >= 4 is 29.2 Å². The summed E-state index contributed by atoms with van der Waals surface area (Å²) in [4.78, 5) is 11.8. The number of carbonyl (C=O) groups is 1. The van der Waals surface area contributed by atoms with Gasteiger partial charge in [-0.15, -0.1) is 0 Å². The van der Waals surface area contributed by atoms with E-state index in [0.29, 0.717) is 0 Å². The van der Waals surface area contributed by atoms with E-state index >= 15 is 0 Å². The molecule has 0 spiro atoms. The van der Waals surface area contributed by atoms with Crippen molar-refractivity contribution in [2.75, 3.05) is 0 Å². The van der Waals surface area contributed by atoms with Crippen LogP contribution in [0.25, 0.3) is 0 Å². The predicted molar refractivity (Wildman–Crippen MR) is 72.9 cm³/mol. The lowest BCUT2D eigenvalue weighted by atomic mass is 10.1. The highest BCUT2D eigenvalue weighted by atomic mass is 35.5. The summed E-state index contributed by atoms with van der Waals surface area (Å²) < 4.78 is 42.7.